The Morgan fingerprint density at radius 1 is 1.40 bits per heavy atom. The minimum atomic E-state index is 0.555. The maximum atomic E-state index is 5.99. The van der Waals surface area contributed by atoms with E-state index in [0.717, 1.165) is 10.3 Å². The highest BCUT2D eigenvalue weighted by atomic mass is 79.9. The van der Waals surface area contributed by atoms with Crippen molar-refractivity contribution in [3.05, 3.63) is 21.3 Å². The Bertz CT molecular complexity index is 408. The Hall–Kier alpha value is -0.280. The number of aromatic nitrogens is 1. The van der Waals surface area contributed by atoms with E-state index >= 15 is 0 Å². The van der Waals surface area contributed by atoms with Crippen LogP contribution >= 0.6 is 27.5 Å². The van der Waals surface area contributed by atoms with Gasteiger partial charge in [0.25, 0.3) is 0 Å². The summed E-state index contributed by atoms with van der Waals surface area (Å²) in [6.45, 7) is 0. The Labute approximate surface area is 103 Å². The van der Waals surface area contributed by atoms with E-state index in [4.69, 9.17) is 11.6 Å². The molecule has 2 unspecified atom stereocenters. The van der Waals surface area contributed by atoms with Crippen LogP contribution in [0.4, 0.5) is 5.82 Å². The number of hydrogen-bond donors (Lipinski definition) is 1. The van der Waals surface area contributed by atoms with Crippen molar-refractivity contribution in [3.63, 3.8) is 0 Å². The van der Waals surface area contributed by atoms with Crippen LogP contribution in [0, 0.1) is 0 Å². The minimum Gasteiger partial charge on any atom is -0.366 e. The zero-order chi connectivity index (χ0) is 10.4. The fraction of sp³-hybridized carbons (Fsp3) is 0.545. The highest BCUT2D eigenvalue weighted by Crippen LogP contribution is 2.44. The predicted molar refractivity (Wildman–Crippen MR) is 65.6 cm³/mol. The van der Waals surface area contributed by atoms with E-state index in [1.54, 1.807) is 0 Å². The van der Waals surface area contributed by atoms with Gasteiger partial charge in [-0.2, -0.15) is 0 Å². The molecule has 4 heteroatoms. The summed E-state index contributed by atoms with van der Waals surface area (Å²) in [7, 11) is 0. The molecule has 1 aromatic rings. The van der Waals surface area contributed by atoms with Crippen LogP contribution in [0.1, 0.15) is 37.2 Å². The fourth-order valence-electron chi connectivity index (χ4n) is 2.73. The molecule has 2 nitrogen and oxygen atoms in total. The van der Waals surface area contributed by atoms with E-state index in [1.165, 1.54) is 31.2 Å². The van der Waals surface area contributed by atoms with Crippen LogP contribution in [0.15, 0.2) is 10.5 Å². The SMILES string of the molecule is Clc1nc2c(cc1Br)C1CCCCC1N2. The van der Waals surface area contributed by atoms with Crippen molar-refractivity contribution in [3.8, 4) is 0 Å². The zero-order valence-electron chi connectivity index (χ0n) is 8.26. The maximum Gasteiger partial charge on any atom is 0.145 e. The van der Waals surface area contributed by atoms with E-state index in [0.29, 0.717) is 17.1 Å². The molecule has 0 saturated heterocycles. The first-order valence-electron chi connectivity index (χ1n) is 5.38. The average Bonchev–Trinajstić information content (AvgIpc) is 2.57. The van der Waals surface area contributed by atoms with E-state index in [9.17, 15) is 0 Å². The van der Waals surface area contributed by atoms with Gasteiger partial charge in [0.1, 0.15) is 11.0 Å². The molecule has 1 aromatic heterocycles. The molecule has 0 bridgehead atoms. The fourth-order valence-corrected chi connectivity index (χ4v) is 3.20. The predicted octanol–water partition coefficient (Wildman–Crippen LogP) is 3.95. The van der Waals surface area contributed by atoms with Crippen LogP contribution in [0.25, 0.3) is 0 Å². The lowest BCUT2D eigenvalue weighted by molar-refractivity contribution is 0.422. The third-order valence-electron chi connectivity index (χ3n) is 3.45. The van der Waals surface area contributed by atoms with Crippen LogP contribution in [0.3, 0.4) is 0 Å². The van der Waals surface area contributed by atoms with Gasteiger partial charge < -0.3 is 5.32 Å². The molecule has 0 spiro atoms. The van der Waals surface area contributed by atoms with Gasteiger partial charge in [0, 0.05) is 17.5 Å². The van der Waals surface area contributed by atoms with Crippen LogP contribution in [0.2, 0.25) is 5.15 Å². The first-order valence-corrected chi connectivity index (χ1v) is 6.55. The summed E-state index contributed by atoms with van der Waals surface area (Å²) < 4.78 is 0.913. The van der Waals surface area contributed by atoms with Crippen molar-refractivity contribution in [2.75, 3.05) is 5.32 Å². The van der Waals surface area contributed by atoms with Crippen LogP contribution in [-0.4, -0.2) is 11.0 Å². The molecule has 1 fully saturated rings. The molecule has 2 heterocycles. The lowest BCUT2D eigenvalue weighted by Crippen LogP contribution is -2.23. The normalized spacial score (nSPS) is 28.1. The van der Waals surface area contributed by atoms with Crippen LogP contribution in [0.5, 0.6) is 0 Å². The van der Waals surface area contributed by atoms with Crippen LogP contribution < -0.4 is 5.32 Å². The Morgan fingerprint density at radius 2 is 2.20 bits per heavy atom. The van der Waals surface area contributed by atoms with E-state index in [-0.39, 0.29) is 0 Å². The molecule has 0 amide bonds. The second-order valence-electron chi connectivity index (χ2n) is 4.34. The summed E-state index contributed by atoms with van der Waals surface area (Å²) in [6.07, 6.45) is 5.20. The van der Waals surface area contributed by atoms with Gasteiger partial charge >= 0.3 is 0 Å². The van der Waals surface area contributed by atoms with Crippen molar-refractivity contribution in [2.24, 2.45) is 0 Å². The van der Waals surface area contributed by atoms with Crippen LogP contribution in [-0.2, 0) is 0 Å². The summed E-state index contributed by atoms with van der Waals surface area (Å²) in [5, 5.41) is 4.04. The quantitative estimate of drug-likeness (QED) is 0.731. The van der Waals surface area contributed by atoms with Crippen molar-refractivity contribution in [2.45, 2.75) is 37.6 Å². The molecule has 15 heavy (non-hydrogen) atoms. The highest BCUT2D eigenvalue weighted by molar-refractivity contribution is 9.10. The third kappa shape index (κ3) is 1.56. The number of halogens is 2. The molecular weight excluding hydrogens is 275 g/mol. The molecule has 2 atom stereocenters. The van der Waals surface area contributed by atoms with Crippen molar-refractivity contribution >= 4 is 33.3 Å². The lowest BCUT2D eigenvalue weighted by atomic mass is 9.83. The van der Waals surface area contributed by atoms with Crippen molar-refractivity contribution in [1.29, 1.82) is 0 Å². The number of anilines is 1. The minimum absolute atomic E-state index is 0.555. The lowest BCUT2D eigenvalue weighted by Gasteiger charge is -2.24. The van der Waals surface area contributed by atoms with Gasteiger partial charge in [-0.15, -0.1) is 0 Å². The van der Waals surface area contributed by atoms with Crippen molar-refractivity contribution in [1.82, 2.24) is 4.98 Å². The molecule has 1 aliphatic heterocycles. The number of fused-ring (bicyclic) bond motifs is 3. The first kappa shape index (κ1) is 9.91. The molecule has 3 rings (SSSR count). The van der Waals surface area contributed by atoms with Gasteiger partial charge in [0.2, 0.25) is 0 Å². The maximum absolute atomic E-state index is 5.99. The van der Waals surface area contributed by atoms with Gasteiger partial charge in [0.05, 0.1) is 4.47 Å². The number of nitrogens with zero attached hydrogens (tertiary/aromatic N) is 1. The van der Waals surface area contributed by atoms with Gasteiger partial charge in [-0.25, -0.2) is 4.98 Å². The monoisotopic (exact) mass is 286 g/mol. The smallest absolute Gasteiger partial charge is 0.145 e. The Kier molecular flexibility index (Phi) is 2.40. The van der Waals surface area contributed by atoms with E-state index in [1.807, 2.05) is 0 Å². The molecule has 0 radical (unpaired) electrons. The average molecular weight is 288 g/mol. The number of nitrogens with one attached hydrogen (secondary N) is 1. The zero-order valence-corrected chi connectivity index (χ0v) is 10.6. The molecule has 0 aromatic carbocycles. The molecule has 2 aliphatic rings. The number of rotatable bonds is 0. The molecular formula is C11H12BrClN2. The topological polar surface area (TPSA) is 24.9 Å². The molecule has 80 valence electrons. The largest absolute Gasteiger partial charge is 0.366 e. The van der Waals surface area contributed by atoms with E-state index in [2.05, 4.69) is 32.3 Å². The van der Waals surface area contributed by atoms with Gasteiger partial charge in [0.15, 0.2) is 0 Å². The standard InChI is InChI=1S/C11H12BrClN2/c12-8-5-7-6-3-1-2-4-9(6)14-11(7)15-10(8)13/h5-6,9H,1-4H2,(H,14,15). The summed E-state index contributed by atoms with van der Waals surface area (Å²) in [5.41, 5.74) is 1.34. The first-order chi connectivity index (χ1) is 7.25. The molecule has 1 N–H and O–H groups in total. The highest BCUT2D eigenvalue weighted by Gasteiger charge is 2.35. The summed E-state index contributed by atoms with van der Waals surface area (Å²) in [5.74, 6) is 1.65. The number of pyridine rings is 1. The molecule has 1 saturated carbocycles. The van der Waals surface area contributed by atoms with Crippen molar-refractivity contribution < 1.29 is 0 Å². The number of hydrogen-bond acceptors (Lipinski definition) is 2. The van der Waals surface area contributed by atoms with Gasteiger partial charge in [-0.1, -0.05) is 24.4 Å². The summed E-state index contributed by atoms with van der Waals surface area (Å²) >= 11 is 9.43. The van der Waals surface area contributed by atoms with Gasteiger partial charge in [-0.05, 0) is 34.8 Å². The molecule has 1 aliphatic carbocycles. The van der Waals surface area contributed by atoms with Gasteiger partial charge in [-0.3, -0.25) is 0 Å². The Balaban J connectivity index is 2.04. The second kappa shape index (κ2) is 3.63. The summed E-state index contributed by atoms with van der Waals surface area (Å²) in [4.78, 5) is 4.38. The third-order valence-corrected chi connectivity index (χ3v) is 4.57. The Morgan fingerprint density at radius 3 is 3.07 bits per heavy atom. The van der Waals surface area contributed by atoms with E-state index < -0.39 is 0 Å². The second-order valence-corrected chi connectivity index (χ2v) is 5.55. The summed E-state index contributed by atoms with van der Waals surface area (Å²) in [6, 6.07) is 2.72.